The maximum atomic E-state index is 12.7. The minimum atomic E-state index is -3.79. The molecule has 1 amide bonds. The fourth-order valence-electron chi connectivity index (χ4n) is 3.61. The van der Waals surface area contributed by atoms with Gasteiger partial charge in [-0.2, -0.15) is 0 Å². The molecule has 2 aromatic carbocycles. The second-order valence-electron chi connectivity index (χ2n) is 7.43. The first kappa shape index (κ1) is 20.5. The van der Waals surface area contributed by atoms with Crippen molar-refractivity contribution in [3.8, 4) is 0 Å². The average molecular weight is 477 g/mol. The van der Waals surface area contributed by atoms with E-state index in [1.54, 1.807) is 35.2 Å². The van der Waals surface area contributed by atoms with Crippen molar-refractivity contribution in [2.24, 2.45) is 10.1 Å². The molecule has 1 aliphatic carbocycles. The molecule has 0 aromatic heterocycles. The number of nitrogens with one attached hydrogen (secondary N) is 1. The van der Waals surface area contributed by atoms with Crippen LogP contribution in [-0.4, -0.2) is 41.8 Å². The van der Waals surface area contributed by atoms with Crippen molar-refractivity contribution in [2.75, 3.05) is 5.32 Å². The molecular weight excluding hydrogens is 460 g/mol. The van der Waals surface area contributed by atoms with Crippen LogP contribution in [0.3, 0.4) is 0 Å². The van der Waals surface area contributed by atoms with Gasteiger partial charge >= 0.3 is 0 Å². The lowest BCUT2D eigenvalue weighted by Gasteiger charge is -2.21. The standard InChI is InChI=1S/C20H17ClN4O4S2/c21-10-1-8-15-14(9-10)16(18(26)24-15)17-19(27)25(12-4-5-12)20(30-17)23-11-2-6-13(7-3-11)31(22,28)29/h1-3,6-9,12,19,27H,4-5H2,(H,24,26)(H2,22,28,29)/b17-16-,23-20?. The van der Waals surface area contributed by atoms with Gasteiger partial charge in [0.25, 0.3) is 5.91 Å². The highest BCUT2D eigenvalue weighted by atomic mass is 35.5. The van der Waals surface area contributed by atoms with Gasteiger partial charge in [-0.1, -0.05) is 23.4 Å². The number of rotatable bonds is 3. The topological polar surface area (TPSA) is 125 Å². The highest BCUT2D eigenvalue weighted by Crippen LogP contribution is 2.48. The van der Waals surface area contributed by atoms with Crippen molar-refractivity contribution >= 4 is 61.4 Å². The number of aliphatic hydroxyl groups is 1. The highest BCUT2D eigenvalue weighted by molar-refractivity contribution is 8.17. The quantitative estimate of drug-likeness (QED) is 0.585. The Morgan fingerprint density at radius 3 is 2.55 bits per heavy atom. The van der Waals surface area contributed by atoms with E-state index in [9.17, 15) is 18.3 Å². The van der Waals surface area contributed by atoms with E-state index in [1.807, 2.05) is 0 Å². The Morgan fingerprint density at radius 1 is 1.19 bits per heavy atom. The van der Waals surface area contributed by atoms with Crippen LogP contribution in [0.1, 0.15) is 18.4 Å². The molecule has 3 aliphatic rings. The number of nitrogens with zero attached hydrogens (tertiary/aromatic N) is 2. The van der Waals surface area contributed by atoms with Crippen molar-refractivity contribution in [3.63, 3.8) is 0 Å². The van der Waals surface area contributed by atoms with E-state index in [0.717, 1.165) is 12.8 Å². The lowest BCUT2D eigenvalue weighted by atomic mass is 10.1. The van der Waals surface area contributed by atoms with Gasteiger partial charge in [-0.3, -0.25) is 4.79 Å². The van der Waals surface area contributed by atoms with Crippen molar-refractivity contribution in [2.45, 2.75) is 30.0 Å². The molecule has 0 spiro atoms. The molecule has 0 radical (unpaired) electrons. The zero-order chi connectivity index (χ0) is 21.9. The number of anilines is 1. The predicted molar refractivity (Wildman–Crippen MR) is 120 cm³/mol. The molecule has 8 nitrogen and oxygen atoms in total. The summed E-state index contributed by atoms with van der Waals surface area (Å²) in [5.74, 6) is -0.298. The molecule has 2 fully saturated rings. The first-order valence-electron chi connectivity index (χ1n) is 9.43. The Balaban J connectivity index is 1.57. The molecule has 1 atom stereocenters. The van der Waals surface area contributed by atoms with E-state index < -0.39 is 16.3 Å². The molecule has 0 bridgehead atoms. The van der Waals surface area contributed by atoms with Crippen molar-refractivity contribution < 1.29 is 18.3 Å². The third kappa shape index (κ3) is 3.74. The average Bonchev–Trinajstić information content (AvgIpc) is 3.42. The Labute approximate surface area is 187 Å². The zero-order valence-electron chi connectivity index (χ0n) is 15.9. The largest absolute Gasteiger partial charge is 0.369 e. The minimum Gasteiger partial charge on any atom is -0.369 e. The summed E-state index contributed by atoms with van der Waals surface area (Å²) in [7, 11) is -3.79. The molecule has 31 heavy (non-hydrogen) atoms. The van der Waals surface area contributed by atoms with E-state index in [4.69, 9.17) is 16.7 Å². The lowest BCUT2D eigenvalue weighted by Crippen LogP contribution is -2.35. The monoisotopic (exact) mass is 476 g/mol. The van der Waals surface area contributed by atoms with Crippen molar-refractivity contribution in [3.05, 3.63) is 58.0 Å². The zero-order valence-corrected chi connectivity index (χ0v) is 18.3. The van der Waals surface area contributed by atoms with Crippen LogP contribution in [0.4, 0.5) is 11.4 Å². The summed E-state index contributed by atoms with van der Waals surface area (Å²) in [5, 5.41) is 20.1. The van der Waals surface area contributed by atoms with Gasteiger partial charge in [0.1, 0.15) is 0 Å². The number of carbonyl (C=O) groups excluding carboxylic acids is 1. The van der Waals surface area contributed by atoms with Gasteiger partial charge < -0.3 is 15.3 Å². The maximum Gasteiger partial charge on any atom is 0.257 e. The summed E-state index contributed by atoms with van der Waals surface area (Å²) < 4.78 is 22.9. The Hall–Kier alpha value is -2.37. The molecular formula is C20H17ClN4O4S2. The van der Waals surface area contributed by atoms with Crippen LogP contribution in [0.5, 0.6) is 0 Å². The molecule has 5 rings (SSSR count). The summed E-state index contributed by atoms with van der Waals surface area (Å²) in [6, 6.07) is 11.1. The number of aliphatic imine (C=N–C) groups is 1. The number of sulfonamides is 1. The maximum absolute atomic E-state index is 12.7. The molecule has 1 saturated carbocycles. The molecule has 1 saturated heterocycles. The van der Waals surface area contributed by atoms with Crippen LogP contribution in [-0.2, 0) is 14.8 Å². The van der Waals surface area contributed by atoms with E-state index in [0.29, 0.717) is 37.6 Å². The van der Waals surface area contributed by atoms with Gasteiger partial charge in [0, 0.05) is 22.3 Å². The summed E-state index contributed by atoms with van der Waals surface area (Å²) in [5.41, 5.74) is 2.19. The second kappa shape index (κ2) is 7.35. The van der Waals surface area contributed by atoms with Crippen LogP contribution in [0.25, 0.3) is 5.57 Å². The fraction of sp³-hybridized carbons (Fsp3) is 0.200. The van der Waals surface area contributed by atoms with E-state index in [2.05, 4.69) is 10.3 Å². The Kier molecular flexibility index (Phi) is 4.87. The second-order valence-corrected chi connectivity index (χ2v) is 10.4. The molecule has 160 valence electrons. The number of benzene rings is 2. The first-order chi connectivity index (χ1) is 14.7. The summed E-state index contributed by atoms with van der Waals surface area (Å²) in [4.78, 5) is 19.6. The number of primary sulfonamides is 1. The van der Waals surface area contributed by atoms with Crippen LogP contribution >= 0.6 is 23.4 Å². The Morgan fingerprint density at radius 2 is 1.90 bits per heavy atom. The van der Waals surface area contributed by atoms with Gasteiger partial charge in [-0.15, -0.1) is 0 Å². The number of hydrogen-bond donors (Lipinski definition) is 3. The number of nitrogens with two attached hydrogens (primary N) is 1. The number of amides is 1. The van der Waals surface area contributed by atoms with Gasteiger partial charge in [0.15, 0.2) is 11.4 Å². The first-order valence-corrected chi connectivity index (χ1v) is 12.2. The number of halogens is 1. The van der Waals surface area contributed by atoms with Gasteiger partial charge in [-0.25, -0.2) is 18.5 Å². The van der Waals surface area contributed by atoms with Gasteiger partial charge in [0.2, 0.25) is 10.0 Å². The van der Waals surface area contributed by atoms with Crippen LogP contribution < -0.4 is 10.5 Å². The van der Waals surface area contributed by atoms with Crippen molar-refractivity contribution in [1.29, 1.82) is 0 Å². The predicted octanol–water partition coefficient (Wildman–Crippen LogP) is 2.87. The number of hydrogen-bond acceptors (Lipinski definition) is 6. The van der Waals surface area contributed by atoms with Crippen molar-refractivity contribution in [1.82, 2.24) is 4.90 Å². The van der Waals surface area contributed by atoms with Gasteiger partial charge in [0.05, 0.1) is 21.1 Å². The normalized spacial score (nSPS) is 24.6. The molecule has 11 heteroatoms. The number of thioether (sulfide) groups is 1. The summed E-state index contributed by atoms with van der Waals surface area (Å²) in [6.45, 7) is 0. The fourth-order valence-corrected chi connectivity index (χ4v) is 5.52. The smallest absolute Gasteiger partial charge is 0.257 e. The summed E-state index contributed by atoms with van der Waals surface area (Å²) in [6.07, 6.45) is 0.821. The van der Waals surface area contributed by atoms with Crippen LogP contribution in [0, 0.1) is 0 Å². The highest BCUT2D eigenvalue weighted by Gasteiger charge is 2.45. The number of fused-ring (bicyclic) bond motifs is 1. The van der Waals surface area contributed by atoms with E-state index in [-0.39, 0.29) is 16.8 Å². The molecule has 1 unspecified atom stereocenters. The van der Waals surface area contributed by atoms with Crippen LogP contribution in [0.2, 0.25) is 5.02 Å². The van der Waals surface area contributed by atoms with E-state index in [1.165, 1.54) is 23.9 Å². The number of carbonyl (C=O) groups is 1. The van der Waals surface area contributed by atoms with E-state index >= 15 is 0 Å². The molecule has 2 aromatic rings. The SMILES string of the molecule is NS(=O)(=O)c1ccc(N=C2S/C(=C3\C(=O)Nc4ccc(Cl)cc43)C(O)N2C2CC2)cc1. The molecule has 2 heterocycles. The third-order valence-electron chi connectivity index (χ3n) is 5.22. The lowest BCUT2D eigenvalue weighted by molar-refractivity contribution is -0.110. The molecule has 2 aliphatic heterocycles. The van der Waals surface area contributed by atoms with Crippen LogP contribution in [0.15, 0.2) is 57.3 Å². The Bertz CT molecular complexity index is 1270. The van der Waals surface area contributed by atoms with Gasteiger partial charge in [-0.05, 0) is 55.3 Å². The summed E-state index contributed by atoms with van der Waals surface area (Å²) >= 11 is 7.36. The number of amidine groups is 1. The molecule has 4 N–H and O–H groups in total. The third-order valence-corrected chi connectivity index (χ3v) is 7.51. The minimum absolute atomic E-state index is 0.00599. The number of aliphatic hydroxyl groups excluding tert-OH is 1.